The third-order valence-electron chi connectivity index (χ3n) is 4.57. The van der Waals surface area contributed by atoms with E-state index in [4.69, 9.17) is 11.6 Å². The van der Waals surface area contributed by atoms with Gasteiger partial charge in [-0.2, -0.15) is 0 Å². The van der Waals surface area contributed by atoms with Gasteiger partial charge in [0.05, 0.1) is 11.4 Å². The second kappa shape index (κ2) is 10.4. The molecule has 1 heterocycles. The minimum Gasteiger partial charge on any atom is -0.343 e. The predicted octanol–water partition coefficient (Wildman–Crippen LogP) is 2.96. The second-order valence-corrected chi connectivity index (χ2v) is 9.13. The number of hydrogen-bond donors (Lipinski definition) is 3. The Morgan fingerprint density at radius 2 is 1.81 bits per heavy atom. The first-order chi connectivity index (χ1) is 14.8. The van der Waals surface area contributed by atoms with Crippen molar-refractivity contribution in [1.82, 2.24) is 10.0 Å². The molecular formula is C21H23ClN4O4S. The van der Waals surface area contributed by atoms with Gasteiger partial charge in [0.15, 0.2) is 0 Å². The summed E-state index contributed by atoms with van der Waals surface area (Å²) in [6, 6.07) is 12.2. The number of benzene rings is 2. The molecule has 0 aliphatic carbocycles. The van der Waals surface area contributed by atoms with Crippen LogP contribution >= 0.6 is 11.6 Å². The Balaban J connectivity index is 1.59. The molecule has 8 nitrogen and oxygen atoms in total. The highest BCUT2D eigenvalue weighted by Gasteiger charge is 2.18. The van der Waals surface area contributed by atoms with Crippen LogP contribution < -0.4 is 15.4 Å². The van der Waals surface area contributed by atoms with Crippen molar-refractivity contribution in [2.45, 2.75) is 30.6 Å². The number of carbonyl (C=O) groups is 2. The Labute approximate surface area is 186 Å². The van der Waals surface area contributed by atoms with Crippen LogP contribution in [-0.2, 0) is 14.8 Å². The molecule has 3 N–H and O–H groups in total. The summed E-state index contributed by atoms with van der Waals surface area (Å²) in [5, 5.41) is 5.59. The van der Waals surface area contributed by atoms with Crippen molar-refractivity contribution in [3.05, 3.63) is 59.1 Å². The van der Waals surface area contributed by atoms with Crippen LogP contribution in [0.2, 0.25) is 5.02 Å². The Morgan fingerprint density at radius 1 is 1.03 bits per heavy atom. The topological polar surface area (TPSA) is 117 Å². The predicted molar refractivity (Wildman–Crippen MR) is 120 cm³/mol. The number of rotatable bonds is 6. The highest BCUT2D eigenvalue weighted by Crippen LogP contribution is 2.16. The third kappa shape index (κ3) is 6.80. The largest absolute Gasteiger partial charge is 0.343 e. The molecule has 164 valence electrons. The molecule has 2 aromatic rings. The van der Waals surface area contributed by atoms with E-state index in [0.29, 0.717) is 35.1 Å². The maximum absolute atomic E-state index is 12.7. The highest BCUT2D eigenvalue weighted by molar-refractivity contribution is 7.90. The molecule has 1 aliphatic heterocycles. The molecule has 0 radical (unpaired) electrons. The smallest absolute Gasteiger partial charge is 0.262 e. The second-order valence-electron chi connectivity index (χ2n) is 7.01. The lowest BCUT2D eigenvalue weighted by Crippen LogP contribution is -2.33. The Bertz CT molecular complexity index is 1080. The molecule has 3 rings (SSSR count). The number of amides is 2. The molecule has 2 aromatic carbocycles. The zero-order chi connectivity index (χ0) is 22.3. The van der Waals surface area contributed by atoms with E-state index in [9.17, 15) is 18.0 Å². The van der Waals surface area contributed by atoms with Crippen molar-refractivity contribution >= 4 is 45.0 Å². The summed E-state index contributed by atoms with van der Waals surface area (Å²) in [7, 11) is -3.81. The third-order valence-corrected chi connectivity index (χ3v) is 6.20. The van der Waals surface area contributed by atoms with Crippen molar-refractivity contribution in [2.24, 2.45) is 4.99 Å². The van der Waals surface area contributed by atoms with E-state index in [-0.39, 0.29) is 11.4 Å². The SMILES string of the molecule is O=C(CNC(=O)c1ccc(Cl)cc1)Nc1cccc(S(=O)(=O)NC2=NCCCCC2)c1. The molecule has 0 atom stereocenters. The van der Waals surface area contributed by atoms with Crippen molar-refractivity contribution in [3.63, 3.8) is 0 Å². The number of aliphatic imine (C=N–C) groups is 1. The Morgan fingerprint density at radius 3 is 2.58 bits per heavy atom. The Hall–Kier alpha value is -2.91. The van der Waals surface area contributed by atoms with Gasteiger partial charge in [0.2, 0.25) is 5.91 Å². The molecule has 0 bridgehead atoms. The summed E-state index contributed by atoms with van der Waals surface area (Å²) in [6.45, 7) is 0.336. The number of anilines is 1. The number of carbonyl (C=O) groups excluding carboxylic acids is 2. The zero-order valence-electron chi connectivity index (χ0n) is 16.7. The molecule has 0 unspecified atom stereocenters. The van der Waals surface area contributed by atoms with Gasteiger partial charge in [-0.3, -0.25) is 19.3 Å². The van der Waals surface area contributed by atoms with Gasteiger partial charge in [-0.25, -0.2) is 8.42 Å². The van der Waals surface area contributed by atoms with E-state index in [1.807, 2.05) is 0 Å². The van der Waals surface area contributed by atoms with E-state index in [1.54, 1.807) is 30.3 Å². The quantitative estimate of drug-likeness (QED) is 0.611. The van der Waals surface area contributed by atoms with E-state index < -0.39 is 21.8 Å². The summed E-state index contributed by atoms with van der Waals surface area (Å²) in [5.41, 5.74) is 0.675. The van der Waals surface area contributed by atoms with Crippen LogP contribution in [0.25, 0.3) is 0 Å². The van der Waals surface area contributed by atoms with E-state index in [2.05, 4.69) is 20.3 Å². The number of hydrogen-bond acceptors (Lipinski definition) is 5. The molecule has 31 heavy (non-hydrogen) atoms. The minimum atomic E-state index is -3.81. The maximum Gasteiger partial charge on any atom is 0.262 e. The number of amidine groups is 1. The lowest BCUT2D eigenvalue weighted by molar-refractivity contribution is -0.115. The van der Waals surface area contributed by atoms with Gasteiger partial charge in [0.1, 0.15) is 5.84 Å². The van der Waals surface area contributed by atoms with Crippen LogP contribution in [0.3, 0.4) is 0 Å². The molecule has 0 spiro atoms. The van der Waals surface area contributed by atoms with Gasteiger partial charge < -0.3 is 10.6 Å². The molecule has 2 amide bonds. The molecule has 0 saturated heterocycles. The van der Waals surface area contributed by atoms with Gasteiger partial charge in [-0.05, 0) is 55.3 Å². The van der Waals surface area contributed by atoms with Crippen LogP contribution in [0.15, 0.2) is 58.4 Å². The van der Waals surface area contributed by atoms with Crippen LogP contribution in [0.1, 0.15) is 36.0 Å². The molecule has 0 saturated carbocycles. The zero-order valence-corrected chi connectivity index (χ0v) is 18.3. The molecule has 1 aliphatic rings. The normalized spacial score (nSPS) is 14.2. The number of halogens is 1. The molecule has 10 heteroatoms. The first-order valence-electron chi connectivity index (χ1n) is 9.83. The van der Waals surface area contributed by atoms with E-state index in [1.165, 1.54) is 18.2 Å². The standard InChI is InChI=1S/C21H23ClN4O4S/c22-16-10-8-15(9-11-16)21(28)24-14-20(27)25-17-5-4-6-18(13-17)31(29,30)26-19-7-2-1-3-12-23-19/h4-6,8-11,13H,1-3,7,12,14H2,(H,23,26)(H,24,28)(H,25,27). The van der Waals surface area contributed by atoms with Crippen LogP contribution in [0.5, 0.6) is 0 Å². The van der Waals surface area contributed by atoms with Crippen LogP contribution in [0.4, 0.5) is 5.69 Å². The first-order valence-corrected chi connectivity index (χ1v) is 11.7. The lowest BCUT2D eigenvalue weighted by Gasteiger charge is -2.11. The summed E-state index contributed by atoms with van der Waals surface area (Å²) >= 11 is 5.79. The van der Waals surface area contributed by atoms with E-state index >= 15 is 0 Å². The van der Waals surface area contributed by atoms with Gasteiger partial charge in [0, 0.05) is 29.2 Å². The summed E-state index contributed by atoms with van der Waals surface area (Å²) in [5.74, 6) is -0.452. The summed E-state index contributed by atoms with van der Waals surface area (Å²) in [6.07, 6.45) is 3.44. The highest BCUT2D eigenvalue weighted by atomic mass is 35.5. The summed E-state index contributed by atoms with van der Waals surface area (Å²) < 4.78 is 27.9. The van der Waals surface area contributed by atoms with Crippen molar-refractivity contribution in [3.8, 4) is 0 Å². The molecule has 0 aromatic heterocycles. The average Bonchev–Trinajstić information content (AvgIpc) is 3.01. The van der Waals surface area contributed by atoms with Gasteiger partial charge in [-0.15, -0.1) is 0 Å². The van der Waals surface area contributed by atoms with Gasteiger partial charge in [-0.1, -0.05) is 24.1 Å². The first kappa shape index (κ1) is 22.8. The fraction of sp³-hybridized carbons (Fsp3) is 0.286. The maximum atomic E-state index is 12.7. The van der Waals surface area contributed by atoms with Crippen LogP contribution in [-0.4, -0.2) is 39.2 Å². The Kier molecular flexibility index (Phi) is 7.64. The van der Waals surface area contributed by atoms with Gasteiger partial charge in [0.25, 0.3) is 15.9 Å². The van der Waals surface area contributed by atoms with E-state index in [0.717, 1.165) is 19.3 Å². The van der Waals surface area contributed by atoms with Crippen molar-refractivity contribution in [1.29, 1.82) is 0 Å². The van der Waals surface area contributed by atoms with Crippen LogP contribution in [0, 0.1) is 0 Å². The number of nitrogens with zero attached hydrogens (tertiary/aromatic N) is 1. The fourth-order valence-electron chi connectivity index (χ4n) is 2.98. The minimum absolute atomic E-state index is 0.0162. The van der Waals surface area contributed by atoms with Crippen molar-refractivity contribution in [2.75, 3.05) is 18.4 Å². The summed E-state index contributed by atoms with van der Waals surface area (Å²) in [4.78, 5) is 28.6. The molecule has 0 fully saturated rings. The average molecular weight is 463 g/mol. The lowest BCUT2D eigenvalue weighted by atomic mass is 10.2. The fourth-order valence-corrected chi connectivity index (χ4v) is 4.24. The molecular weight excluding hydrogens is 440 g/mol. The van der Waals surface area contributed by atoms with Crippen molar-refractivity contribution < 1.29 is 18.0 Å². The number of sulfonamides is 1. The van der Waals surface area contributed by atoms with Gasteiger partial charge >= 0.3 is 0 Å². The number of nitrogens with one attached hydrogen (secondary N) is 3. The monoisotopic (exact) mass is 462 g/mol.